The molecule has 4 amide bonds. The molecular formula is C22H23ClN4O6S. The molecule has 2 aromatic carbocycles. The van der Waals surface area contributed by atoms with Crippen molar-refractivity contribution in [3.05, 3.63) is 59.1 Å². The lowest BCUT2D eigenvalue weighted by Crippen LogP contribution is -2.55. The maximum Gasteiger partial charge on any atom is 0.347 e. The Bertz CT molecular complexity index is 1230. The van der Waals surface area contributed by atoms with E-state index in [0.717, 1.165) is 4.31 Å². The fraction of sp³-hybridized carbons (Fsp3) is 0.273. The number of amides is 4. The summed E-state index contributed by atoms with van der Waals surface area (Å²) in [5.41, 5.74) is 0.594. The number of ether oxygens (including phenoxy) is 1. The van der Waals surface area contributed by atoms with Gasteiger partial charge >= 0.3 is 6.03 Å². The first kappa shape index (κ1) is 25.2. The monoisotopic (exact) mass is 506 g/mol. The fourth-order valence-electron chi connectivity index (χ4n) is 3.31. The third-order valence-electron chi connectivity index (χ3n) is 4.89. The van der Waals surface area contributed by atoms with Gasteiger partial charge in [0.15, 0.2) is 5.25 Å². The van der Waals surface area contributed by atoms with Crippen molar-refractivity contribution in [3.8, 4) is 5.75 Å². The lowest BCUT2D eigenvalue weighted by Gasteiger charge is -2.29. The SMILES string of the molecule is CCOc1ccc(N(CC(=O)NCc2ccccc2Cl)S(=O)(=O)C2C(=O)NC(=O)N=C2C)cc1. The van der Waals surface area contributed by atoms with Crippen LogP contribution in [0.4, 0.5) is 10.5 Å². The van der Waals surface area contributed by atoms with Gasteiger partial charge in [0.25, 0.3) is 15.9 Å². The number of nitrogens with zero attached hydrogens (tertiary/aromatic N) is 2. The van der Waals surface area contributed by atoms with Gasteiger partial charge in [-0.1, -0.05) is 29.8 Å². The van der Waals surface area contributed by atoms with Crippen molar-refractivity contribution in [3.63, 3.8) is 0 Å². The highest BCUT2D eigenvalue weighted by Crippen LogP contribution is 2.25. The van der Waals surface area contributed by atoms with Crippen molar-refractivity contribution in [1.82, 2.24) is 10.6 Å². The largest absolute Gasteiger partial charge is 0.494 e. The number of carbonyl (C=O) groups excluding carboxylic acids is 3. The average molecular weight is 507 g/mol. The molecule has 1 aliphatic rings. The van der Waals surface area contributed by atoms with Crippen LogP contribution in [0.3, 0.4) is 0 Å². The zero-order valence-corrected chi connectivity index (χ0v) is 20.0. The van der Waals surface area contributed by atoms with E-state index >= 15 is 0 Å². The third kappa shape index (κ3) is 5.72. The molecule has 1 atom stereocenters. The number of urea groups is 1. The maximum atomic E-state index is 13.5. The standard InChI is InChI=1S/C22H23ClN4O6S/c1-3-33-17-10-8-16(9-11-17)27(13-19(28)24-12-15-6-4-5-7-18(15)23)34(31,32)20-14(2)25-22(30)26-21(20)29/h4-11,20H,3,12-13H2,1-2H3,(H,24,28)(H,26,29,30). The van der Waals surface area contributed by atoms with Crippen molar-refractivity contribution in [2.75, 3.05) is 17.5 Å². The first-order valence-electron chi connectivity index (χ1n) is 10.3. The summed E-state index contributed by atoms with van der Waals surface area (Å²) in [7, 11) is -4.50. The Morgan fingerprint density at radius 2 is 1.85 bits per heavy atom. The van der Waals surface area contributed by atoms with Gasteiger partial charge in [0.2, 0.25) is 5.91 Å². The molecule has 0 saturated carbocycles. The summed E-state index contributed by atoms with van der Waals surface area (Å²) in [4.78, 5) is 40.2. The van der Waals surface area contributed by atoms with Gasteiger partial charge in [-0.25, -0.2) is 18.2 Å². The van der Waals surface area contributed by atoms with E-state index in [9.17, 15) is 22.8 Å². The molecule has 12 heteroatoms. The molecule has 0 fully saturated rings. The minimum absolute atomic E-state index is 0.0780. The Morgan fingerprint density at radius 1 is 1.18 bits per heavy atom. The molecule has 34 heavy (non-hydrogen) atoms. The molecule has 0 radical (unpaired) electrons. The van der Waals surface area contributed by atoms with Crippen molar-refractivity contribution in [2.24, 2.45) is 4.99 Å². The number of aliphatic imine (C=N–C) groups is 1. The predicted octanol–water partition coefficient (Wildman–Crippen LogP) is 2.27. The highest BCUT2D eigenvalue weighted by Gasteiger charge is 2.43. The van der Waals surface area contributed by atoms with Crippen LogP contribution in [-0.2, 0) is 26.2 Å². The second-order valence-corrected chi connectivity index (χ2v) is 9.62. The van der Waals surface area contributed by atoms with Crippen molar-refractivity contribution in [1.29, 1.82) is 0 Å². The van der Waals surface area contributed by atoms with E-state index in [2.05, 4.69) is 10.3 Å². The van der Waals surface area contributed by atoms with Gasteiger partial charge in [-0.2, -0.15) is 0 Å². The summed E-state index contributed by atoms with van der Waals surface area (Å²) in [6.45, 7) is 2.95. The third-order valence-corrected chi connectivity index (χ3v) is 7.36. The molecule has 1 unspecified atom stereocenters. The summed E-state index contributed by atoms with van der Waals surface area (Å²) in [6.07, 6.45) is 0. The second-order valence-electron chi connectivity index (χ2n) is 7.27. The van der Waals surface area contributed by atoms with Crippen LogP contribution in [-0.4, -0.2) is 50.4 Å². The van der Waals surface area contributed by atoms with Crippen molar-refractivity contribution < 1.29 is 27.5 Å². The molecule has 0 bridgehead atoms. The van der Waals surface area contributed by atoms with E-state index in [1.54, 1.807) is 43.3 Å². The van der Waals surface area contributed by atoms with Crippen LogP contribution in [0.5, 0.6) is 5.75 Å². The lowest BCUT2D eigenvalue weighted by molar-refractivity contribution is -0.120. The highest BCUT2D eigenvalue weighted by atomic mass is 35.5. The molecule has 1 heterocycles. The van der Waals surface area contributed by atoms with Gasteiger partial charge in [-0.3, -0.25) is 19.2 Å². The van der Waals surface area contributed by atoms with Gasteiger partial charge in [0, 0.05) is 11.6 Å². The van der Waals surface area contributed by atoms with Crippen LogP contribution in [0.15, 0.2) is 53.5 Å². The number of nitrogens with one attached hydrogen (secondary N) is 2. The number of halogens is 1. The van der Waals surface area contributed by atoms with Crippen LogP contribution in [0, 0.1) is 0 Å². The minimum atomic E-state index is -4.50. The number of carbonyl (C=O) groups is 3. The van der Waals surface area contributed by atoms with Crippen molar-refractivity contribution in [2.45, 2.75) is 25.6 Å². The average Bonchev–Trinajstić information content (AvgIpc) is 2.77. The van der Waals surface area contributed by atoms with E-state index in [-0.39, 0.29) is 17.9 Å². The quantitative estimate of drug-likeness (QED) is 0.535. The van der Waals surface area contributed by atoms with Gasteiger partial charge in [-0.05, 0) is 49.7 Å². The minimum Gasteiger partial charge on any atom is -0.494 e. The number of rotatable bonds is 9. The summed E-state index contributed by atoms with van der Waals surface area (Å²) in [6, 6.07) is 12.0. The molecular weight excluding hydrogens is 484 g/mol. The number of anilines is 1. The molecule has 0 spiro atoms. The summed E-state index contributed by atoms with van der Waals surface area (Å²) < 4.78 is 33.3. The Hall–Kier alpha value is -3.44. The lowest BCUT2D eigenvalue weighted by atomic mass is 10.2. The number of benzene rings is 2. The van der Waals surface area contributed by atoms with Gasteiger partial charge < -0.3 is 10.1 Å². The first-order chi connectivity index (χ1) is 16.1. The number of hydrogen-bond donors (Lipinski definition) is 2. The summed E-state index contributed by atoms with van der Waals surface area (Å²) >= 11 is 6.11. The van der Waals surface area contributed by atoms with Crippen LogP contribution < -0.4 is 19.7 Å². The molecule has 0 aliphatic carbocycles. The second kappa shape index (κ2) is 10.7. The van der Waals surface area contributed by atoms with E-state index < -0.39 is 39.7 Å². The van der Waals surface area contributed by atoms with E-state index in [1.807, 2.05) is 5.32 Å². The summed E-state index contributed by atoms with van der Waals surface area (Å²) in [5, 5.41) is 3.22. The Balaban J connectivity index is 1.91. The zero-order chi connectivity index (χ0) is 24.9. The zero-order valence-electron chi connectivity index (χ0n) is 18.4. The number of imide groups is 1. The fourth-order valence-corrected chi connectivity index (χ4v) is 5.29. The van der Waals surface area contributed by atoms with Crippen LogP contribution in [0.2, 0.25) is 5.02 Å². The van der Waals surface area contributed by atoms with E-state index in [4.69, 9.17) is 16.3 Å². The maximum absolute atomic E-state index is 13.5. The number of hydrogen-bond acceptors (Lipinski definition) is 6. The topological polar surface area (TPSA) is 134 Å². The molecule has 2 N–H and O–H groups in total. The van der Waals surface area contributed by atoms with Crippen LogP contribution >= 0.6 is 11.6 Å². The number of sulfonamides is 1. The Kier molecular flexibility index (Phi) is 7.90. The molecule has 10 nitrogen and oxygen atoms in total. The molecule has 0 aromatic heterocycles. The van der Waals surface area contributed by atoms with Gasteiger partial charge in [0.05, 0.1) is 18.0 Å². The first-order valence-corrected chi connectivity index (χ1v) is 12.2. The Labute approximate surface area is 202 Å². The molecule has 2 aromatic rings. The predicted molar refractivity (Wildman–Crippen MR) is 128 cm³/mol. The molecule has 3 rings (SSSR count). The van der Waals surface area contributed by atoms with Gasteiger partial charge in [0.1, 0.15) is 12.3 Å². The molecule has 0 saturated heterocycles. The van der Waals surface area contributed by atoms with Crippen LogP contribution in [0.25, 0.3) is 0 Å². The van der Waals surface area contributed by atoms with Crippen molar-refractivity contribution >= 4 is 50.9 Å². The smallest absolute Gasteiger partial charge is 0.347 e. The Morgan fingerprint density at radius 3 is 2.47 bits per heavy atom. The van der Waals surface area contributed by atoms with Crippen LogP contribution in [0.1, 0.15) is 19.4 Å². The van der Waals surface area contributed by atoms with E-state index in [0.29, 0.717) is 22.9 Å². The molecule has 1 aliphatic heterocycles. The van der Waals surface area contributed by atoms with E-state index in [1.165, 1.54) is 19.1 Å². The highest BCUT2D eigenvalue weighted by molar-refractivity contribution is 7.95. The molecule has 180 valence electrons. The van der Waals surface area contributed by atoms with Gasteiger partial charge in [-0.15, -0.1) is 0 Å². The normalized spacial score (nSPS) is 15.9. The summed E-state index contributed by atoms with van der Waals surface area (Å²) in [5.74, 6) is -1.16.